The van der Waals surface area contributed by atoms with Crippen LogP contribution in [0.1, 0.15) is 70.8 Å². The van der Waals surface area contributed by atoms with Crippen molar-refractivity contribution in [1.29, 1.82) is 0 Å². The molecule has 0 aliphatic carbocycles. The number of aromatic hydroxyl groups is 1. The molecule has 0 saturated carbocycles. The lowest BCUT2D eigenvalue weighted by Crippen LogP contribution is -1.93. The topological polar surface area (TPSA) is 29.5 Å². The summed E-state index contributed by atoms with van der Waals surface area (Å²) in [5, 5.41) is 10.1. The van der Waals surface area contributed by atoms with Crippen LogP contribution in [0.2, 0.25) is 0 Å². The molecule has 0 spiro atoms. The molecule has 0 heterocycles. The minimum atomic E-state index is 0.309. The van der Waals surface area contributed by atoms with E-state index >= 15 is 0 Å². The number of rotatable bonds is 11. The maximum absolute atomic E-state index is 10.1. The van der Waals surface area contributed by atoms with Gasteiger partial charge in [-0.15, -0.1) is 0 Å². The molecular weight excluding hydrogens is 248 g/mol. The zero-order chi connectivity index (χ0) is 14.6. The maximum Gasteiger partial charge on any atom is 0.161 e. The molecule has 0 bridgehead atoms. The van der Waals surface area contributed by atoms with Gasteiger partial charge in [0.1, 0.15) is 6.61 Å². The summed E-state index contributed by atoms with van der Waals surface area (Å²) in [7, 11) is 0. The molecule has 0 atom stereocenters. The van der Waals surface area contributed by atoms with E-state index in [0.29, 0.717) is 11.5 Å². The number of benzene rings is 1. The molecule has 0 unspecified atom stereocenters. The molecule has 0 aliphatic heterocycles. The van der Waals surface area contributed by atoms with Crippen LogP contribution in [0.4, 0.5) is 0 Å². The second-order valence-corrected chi connectivity index (χ2v) is 5.33. The average Bonchev–Trinajstić information content (AvgIpc) is 2.46. The minimum absolute atomic E-state index is 0.309. The number of phenolic OH excluding ortho intramolecular Hbond substituents is 1. The standard InChI is InChI=1S/C18H29O2/c1-3-5-6-7-8-9-10-12-16-13-11-14-17(18(16)19)20-15-4-2/h11,13-15,19H,3-10,12H2,1-2H3. The van der Waals surface area contributed by atoms with Gasteiger partial charge in [-0.05, 0) is 30.9 Å². The zero-order valence-corrected chi connectivity index (χ0v) is 13.0. The Bertz CT molecular complexity index is 360. The van der Waals surface area contributed by atoms with Crippen LogP contribution >= 0.6 is 0 Å². The van der Waals surface area contributed by atoms with Gasteiger partial charge in [0.15, 0.2) is 11.5 Å². The second kappa shape index (κ2) is 10.6. The van der Waals surface area contributed by atoms with Gasteiger partial charge >= 0.3 is 0 Å². The monoisotopic (exact) mass is 277 g/mol. The Morgan fingerprint density at radius 3 is 2.40 bits per heavy atom. The third kappa shape index (κ3) is 6.31. The van der Waals surface area contributed by atoms with Crippen LogP contribution < -0.4 is 4.74 Å². The van der Waals surface area contributed by atoms with Crippen LogP contribution in [-0.4, -0.2) is 5.11 Å². The van der Waals surface area contributed by atoms with Gasteiger partial charge in [-0.3, -0.25) is 0 Å². The Morgan fingerprint density at radius 2 is 1.70 bits per heavy atom. The molecule has 113 valence electrons. The van der Waals surface area contributed by atoms with Crippen molar-refractivity contribution in [2.75, 3.05) is 0 Å². The molecule has 0 aliphatic rings. The fraction of sp³-hybridized carbons (Fsp3) is 0.611. The molecule has 1 aromatic rings. The van der Waals surface area contributed by atoms with E-state index in [2.05, 4.69) is 6.92 Å². The summed E-state index contributed by atoms with van der Waals surface area (Å²) in [4.78, 5) is 0. The van der Waals surface area contributed by atoms with Crippen molar-refractivity contribution < 1.29 is 9.84 Å². The molecule has 1 rings (SSSR count). The van der Waals surface area contributed by atoms with E-state index in [4.69, 9.17) is 4.74 Å². The maximum atomic E-state index is 10.1. The number of para-hydroxylation sites is 1. The van der Waals surface area contributed by atoms with Crippen molar-refractivity contribution in [3.05, 3.63) is 30.4 Å². The first-order valence-electron chi connectivity index (χ1n) is 8.08. The fourth-order valence-corrected chi connectivity index (χ4v) is 2.31. The zero-order valence-electron chi connectivity index (χ0n) is 13.0. The third-order valence-electron chi connectivity index (χ3n) is 3.51. The van der Waals surface area contributed by atoms with Crippen LogP contribution in [0.25, 0.3) is 0 Å². The summed E-state index contributed by atoms with van der Waals surface area (Å²) in [5.74, 6) is 0.885. The van der Waals surface area contributed by atoms with Crippen molar-refractivity contribution in [2.24, 2.45) is 0 Å². The highest BCUT2D eigenvalue weighted by atomic mass is 16.5. The first kappa shape index (κ1) is 16.9. The molecule has 1 aromatic carbocycles. The molecule has 20 heavy (non-hydrogen) atoms. The van der Waals surface area contributed by atoms with E-state index in [1.165, 1.54) is 38.5 Å². The minimum Gasteiger partial charge on any atom is -0.504 e. The van der Waals surface area contributed by atoms with E-state index in [-0.39, 0.29) is 0 Å². The Balaban J connectivity index is 2.29. The first-order chi connectivity index (χ1) is 9.79. The highest BCUT2D eigenvalue weighted by Crippen LogP contribution is 2.31. The fourth-order valence-electron chi connectivity index (χ4n) is 2.31. The van der Waals surface area contributed by atoms with Gasteiger partial charge in [0, 0.05) is 0 Å². The highest BCUT2D eigenvalue weighted by Gasteiger charge is 2.07. The lowest BCUT2D eigenvalue weighted by molar-refractivity contribution is 0.360. The third-order valence-corrected chi connectivity index (χ3v) is 3.51. The van der Waals surface area contributed by atoms with Gasteiger partial charge in [0.25, 0.3) is 0 Å². The first-order valence-corrected chi connectivity index (χ1v) is 8.08. The van der Waals surface area contributed by atoms with E-state index < -0.39 is 0 Å². The molecule has 0 amide bonds. The number of ether oxygens (including phenoxy) is 1. The smallest absolute Gasteiger partial charge is 0.161 e. The van der Waals surface area contributed by atoms with E-state index in [9.17, 15) is 5.11 Å². The number of unbranched alkanes of at least 4 members (excludes halogenated alkanes) is 6. The van der Waals surface area contributed by atoms with Crippen molar-refractivity contribution in [1.82, 2.24) is 0 Å². The van der Waals surface area contributed by atoms with Crippen LogP contribution in [0.3, 0.4) is 0 Å². The lowest BCUT2D eigenvalue weighted by Gasteiger charge is -2.10. The van der Waals surface area contributed by atoms with Gasteiger partial charge in [-0.1, -0.05) is 64.5 Å². The number of aryl methyl sites for hydroxylation is 1. The second-order valence-electron chi connectivity index (χ2n) is 5.33. The predicted molar refractivity (Wildman–Crippen MR) is 85.0 cm³/mol. The molecule has 2 nitrogen and oxygen atoms in total. The van der Waals surface area contributed by atoms with Crippen molar-refractivity contribution in [3.8, 4) is 11.5 Å². The quantitative estimate of drug-likeness (QED) is 0.531. The highest BCUT2D eigenvalue weighted by molar-refractivity contribution is 5.45. The van der Waals surface area contributed by atoms with Gasteiger partial charge in [-0.2, -0.15) is 0 Å². The van der Waals surface area contributed by atoms with Crippen LogP contribution in [0.5, 0.6) is 11.5 Å². The van der Waals surface area contributed by atoms with Crippen LogP contribution in [0, 0.1) is 6.61 Å². The van der Waals surface area contributed by atoms with E-state index in [1.54, 1.807) is 6.61 Å². The molecule has 0 aromatic heterocycles. The largest absolute Gasteiger partial charge is 0.504 e. The lowest BCUT2D eigenvalue weighted by atomic mass is 10.0. The number of phenols is 1. The summed E-state index contributed by atoms with van der Waals surface area (Å²) in [6.07, 6.45) is 10.8. The van der Waals surface area contributed by atoms with Crippen LogP contribution in [-0.2, 0) is 6.42 Å². The van der Waals surface area contributed by atoms with Gasteiger partial charge in [0.2, 0.25) is 0 Å². The van der Waals surface area contributed by atoms with Crippen molar-refractivity contribution in [2.45, 2.75) is 71.6 Å². The predicted octanol–water partition coefficient (Wildman–Crippen LogP) is 5.64. The molecule has 1 radical (unpaired) electrons. The SMILES string of the molecule is CC[CH]Oc1cccc(CCCCCCCCC)c1O. The van der Waals surface area contributed by atoms with Gasteiger partial charge in [0.05, 0.1) is 0 Å². The van der Waals surface area contributed by atoms with E-state index in [1.807, 2.05) is 25.1 Å². The van der Waals surface area contributed by atoms with Gasteiger partial charge < -0.3 is 9.84 Å². The number of hydrogen-bond acceptors (Lipinski definition) is 2. The molecule has 2 heteroatoms. The molecule has 0 saturated heterocycles. The van der Waals surface area contributed by atoms with Crippen LogP contribution in [0.15, 0.2) is 18.2 Å². The molecule has 1 N–H and O–H groups in total. The Labute approximate surface area is 124 Å². The Kier molecular flexibility index (Phi) is 8.93. The summed E-state index contributed by atoms with van der Waals surface area (Å²) in [6, 6.07) is 5.76. The summed E-state index contributed by atoms with van der Waals surface area (Å²) < 4.78 is 5.42. The molecular formula is C18H29O2. The average molecular weight is 277 g/mol. The van der Waals surface area contributed by atoms with Gasteiger partial charge in [-0.25, -0.2) is 0 Å². The molecule has 0 fully saturated rings. The Hall–Kier alpha value is -1.18. The summed E-state index contributed by atoms with van der Waals surface area (Å²) in [5.41, 5.74) is 1.00. The van der Waals surface area contributed by atoms with Crippen molar-refractivity contribution in [3.63, 3.8) is 0 Å². The Morgan fingerprint density at radius 1 is 1.00 bits per heavy atom. The van der Waals surface area contributed by atoms with Crippen molar-refractivity contribution >= 4 is 0 Å². The summed E-state index contributed by atoms with van der Waals surface area (Å²) in [6.45, 7) is 5.97. The number of hydrogen-bond donors (Lipinski definition) is 1. The van der Waals surface area contributed by atoms with E-state index in [0.717, 1.165) is 24.8 Å². The normalized spacial score (nSPS) is 10.7. The summed E-state index contributed by atoms with van der Waals surface area (Å²) >= 11 is 0.